The molecule has 128 valence electrons. The third-order valence-electron chi connectivity index (χ3n) is 4.19. The van der Waals surface area contributed by atoms with Gasteiger partial charge in [-0.25, -0.2) is 4.79 Å². The number of amides is 2. The summed E-state index contributed by atoms with van der Waals surface area (Å²) in [5, 5.41) is 13.2. The lowest BCUT2D eigenvalue weighted by molar-refractivity contribution is 0.129. The van der Waals surface area contributed by atoms with Gasteiger partial charge in [-0.05, 0) is 50.5 Å². The van der Waals surface area contributed by atoms with Gasteiger partial charge >= 0.3 is 6.03 Å². The molecule has 0 bridgehead atoms. The van der Waals surface area contributed by atoms with Crippen LogP contribution >= 0.6 is 11.6 Å². The van der Waals surface area contributed by atoms with E-state index in [0.717, 1.165) is 24.2 Å². The zero-order chi connectivity index (χ0) is 16.8. The number of aliphatic hydroxyl groups is 1. The summed E-state index contributed by atoms with van der Waals surface area (Å²) in [6.45, 7) is 6.18. The Kier molecular flexibility index (Phi) is 6.54. The lowest BCUT2D eigenvalue weighted by Crippen LogP contribution is -2.39. The minimum Gasteiger partial charge on any atom is -0.493 e. The standard InChI is InChI=1S/C17H25ClN2O3/c1-12-10-15(18)4-5-16(12)23-9-3-7-19-17(22)20-8-6-14(11-20)13(2)21/h4-5,10,13-14,21H,3,6-9,11H2,1-2H3,(H,19,22)/t13-,14-/m1/s1. The summed E-state index contributed by atoms with van der Waals surface area (Å²) < 4.78 is 5.69. The monoisotopic (exact) mass is 340 g/mol. The van der Waals surface area contributed by atoms with Gasteiger partial charge in [-0.3, -0.25) is 0 Å². The van der Waals surface area contributed by atoms with Crippen LogP contribution in [0.15, 0.2) is 18.2 Å². The fourth-order valence-electron chi connectivity index (χ4n) is 2.70. The maximum atomic E-state index is 12.0. The molecule has 6 heteroatoms. The van der Waals surface area contributed by atoms with Gasteiger partial charge in [0.1, 0.15) is 5.75 Å². The zero-order valence-electron chi connectivity index (χ0n) is 13.7. The number of hydrogen-bond donors (Lipinski definition) is 2. The topological polar surface area (TPSA) is 61.8 Å². The number of rotatable bonds is 6. The van der Waals surface area contributed by atoms with E-state index in [1.807, 2.05) is 19.1 Å². The van der Waals surface area contributed by atoms with E-state index < -0.39 is 0 Å². The first-order valence-electron chi connectivity index (χ1n) is 8.07. The number of ether oxygens (including phenoxy) is 1. The van der Waals surface area contributed by atoms with Crippen LogP contribution in [0.2, 0.25) is 5.02 Å². The van der Waals surface area contributed by atoms with Crippen molar-refractivity contribution in [2.75, 3.05) is 26.2 Å². The number of aryl methyl sites for hydroxylation is 1. The molecule has 0 spiro atoms. The van der Waals surface area contributed by atoms with Crippen molar-refractivity contribution >= 4 is 17.6 Å². The number of carbonyl (C=O) groups is 1. The summed E-state index contributed by atoms with van der Waals surface area (Å²) in [6, 6.07) is 5.47. The van der Waals surface area contributed by atoms with Crippen LogP contribution < -0.4 is 10.1 Å². The predicted molar refractivity (Wildman–Crippen MR) is 91.1 cm³/mol. The largest absolute Gasteiger partial charge is 0.493 e. The molecule has 1 aromatic carbocycles. The maximum Gasteiger partial charge on any atom is 0.317 e. The molecule has 0 aromatic heterocycles. The summed E-state index contributed by atoms with van der Waals surface area (Å²) in [7, 11) is 0. The van der Waals surface area contributed by atoms with Crippen LogP contribution in [0.3, 0.4) is 0 Å². The number of nitrogens with zero attached hydrogens (tertiary/aromatic N) is 1. The van der Waals surface area contributed by atoms with Crippen molar-refractivity contribution in [2.24, 2.45) is 5.92 Å². The van der Waals surface area contributed by atoms with Crippen molar-refractivity contribution < 1.29 is 14.6 Å². The van der Waals surface area contributed by atoms with E-state index in [9.17, 15) is 9.90 Å². The summed E-state index contributed by atoms with van der Waals surface area (Å²) in [4.78, 5) is 13.8. The summed E-state index contributed by atoms with van der Waals surface area (Å²) in [5.41, 5.74) is 1.00. The second kappa shape index (κ2) is 8.41. The van der Waals surface area contributed by atoms with E-state index in [2.05, 4.69) is 5.32 Å². The summed E-state index contributed by atoms with van der Waals surface area (Å²) in [6.07, 6.45) is 1.25. The molecule has 2 rings (SSSR count). The molecule has 1 aliphatic heterocycles. The molecule has 0 radical (unpaired) electrons. The van der Waals surface area contributed by atoms with E-state index in [1.54, 1.807) is 17.9 Å². The van der Waals surface area contributed by atoms with Gasteiger partial charge in [0.05, 0.1) is 12.7 Å². The van der Waals surface area contributed by atoms with Crippen molar-refractivity contribution in [1.82, 2.24) is 10.2 Å². The number of aliphatic hydroxyl groups excluding tert-OH is 1. The van der Waals surface area contributed by atoms with E-state index in [1.165, 1.54) is 0 Å². The zero-order valence-corrected chi connectivity index (χ0v) is 14.5. The Morgan fingerprint density at radius 1 is 1.57 bits per heavy atom. The van der Waals surface area contributed by atoms with Crippen molar-refractivity contribution in [2.45, 2.75) is 32.8 Å². The van der Waals surface area contributed by atoms with Crippen LogP contribution in [0, 0.1) is 12.8 Å². The van der Waals surface area contributed by atoms with E-state index in [0.29, 0.717) is 31.3 Å². The highest BCUT2D eigenvalue weighted by molar-refractivity contribution is 6.30. The van der Waals surface area contributed by atoms with E-state index in [-0.39, 0.29) is 18.1 Å². The van der Waals surface area contributed by atoms with Gasteiger partial charge in [0.15, 0.2) is 0 Å². The molecule has 23 heavy (non-hydrogen) atoms. The quantitative estimate of drug-likeness (QED) is 0.783. The SMILES string of the molecule is Cc1cc(Cl)ccc1OCCCNC(=O)N1CC[C@@H]([C@@H](C)O)C1. The van der Waals surface area contributed by atoms with Crippen LogP contribution in [0.4, 0.5) is 4.79 Å². The molecule has 2 atom stereocenters. The molecule has 2 amide bonds. The first kappa shape index (κ1) is 17.9. The molecule has 0 aliphatic carbocycles. The van der Waals surface area contributed by atoms with Crippen molar-refractivity contribution in [3.05, 3.63) is 28.8 Å². The van der Waals surface area contributed by atoms with E-state index >= 15 is 0 Å². The Hall–Kier alpha value is -1.46. The van der Waals surface area contributed by atoms with Crippen LogP contribution in [-0.4, -0.2) is 48.4 Å². The smallest absolute Gasteiger partial charge is 0.317 e. The molecular formula is C17H25ClN2O3. The number of benzene rings is 1. The Morgan fingerprint density at radius 2 is 2.35 bits per heavy atom. The van der Waals surface area contributed by atoms with Crippen LogP contribution in [0.25, 0.3) is 0 Å². The minimum atomic E-state index is -0.358. The molecule has 5 nitrogen and oxygen atoms in total. The Bertz CT molecular complexity index is 537. The number of halogens is 1. The van der Waals surface area contributed by atoms with Gasteiger partial charge in [-0.1, -0.05) is 11.6 Å². The molecule has 1 heterocycles. The normalized spacial score (nSPS) is 18.8. The fourth-order valence-corrected chi connectivity index (χ4v) is 2.93. The van der Waals surface area contributed by atoms with Crippen molar-refractivity contribution in [1.29, 1.82) is 0 Å². The highest BCUT2D eigenvalue weighted by Crippen LogP contribution is 2.22. The lowest BCUT2D eigenvalue weighted by Gasteiger charge is -2.18. The second-order valence-electron chi connectivity index (χ2n) is 6.08. The highest BCUT2D eigenvalue weighted by Gasteiger charge is 2.28. The van der Waals surface area contributed by atoms with Gasteiger partial charge in [-0.2, -0.15) is 0 Å². The third kappa shape index (κ3) is 5.29. The number of nitrogens with one attached hydrogen (secondary N) is 1. The molecule has 1 aliphatic rings. The molecule has 0 unspecified atom stereocenters. The Labute approximate surface area is 142 Å². The summed E-state index contributed by atoms with van der Waals surface area (Å²) >= 11 is 5.90. The van der Waals surface area contributed by atoms with Crippen LogP contribution in [-0.2, 0) is 0 Å². The van der Waals surface area contributed by atoms with Gasteiger partial charge in [0.25, 0.3) is 0 Å². The van der Waals surface area contributed by atoms with Crippen molar-refractivity contribution in [3.8, 4) is 5.75 Å². The lowest BCUT2D eigenvalue weighted by atomic mass is 10.0. The van der Waals surface area contributed by atoms with Crippen LogP contribution in [0.1, 0.15) is 25.3 Å². The molecule has 2 N–H and O–H groups in total. The number of hydrogen-bond acceptors (Lipinski definition) is 3. The average molecular weight is 341 g/mol. The maximum absolute atomic E-state index is 12.0. The Morgan fingerprint density at radius 3 is 3.00 bits per heavy atom. The highest BCUT2D eigenvalue weighted by atomic mass is 35.5. The Balaban J connectivity index is 1.63. The fraction of sp³-hybridized carbons (Fsp3) is 0.588. The number of carbonyl (C=O) groups excluding carboxylic acids is 1. The summed E-state index contributed by atoms with van der Waals surface area (Å²) in [5.74, 6) is 1.01. The van der Waals surface area contributed by atoms with Gasteiger partial charge in [0.2, 0.25) is 0 Å². The van der Waals surface area contributed by atoms with Crippen molar-refractivity contribution in [3.63, 3.8) is 0 Å². The average Bonchev–Trinajstić information content (AvgIpc) is 2.99. The third-order valence-corrected chi connectivity index (χ3v) is 4.42. The molecule has 1 saturated heterocycles. The number of urea groups is 1. The van der Waals surface area contributed by atoms with Gasteiger partial charge in [0, 0.05) is 30.6 Å². The molecular weight excluding hydrogens is 316 g/mol. The van der Waals surface area contributed by atoms with Gasteiger partial charge in [-0.15, -0.1) is 0 Å². The molecule has 0 saturated carbocycles. The molecule has 1 fully saturated rings. The first-order valence-corrected chi connectivity index (χ1v) is 8.45. The number of likely N-dealkylation sites (tertiary alicyclic amines) is 1. The minimum absolute atomic E-state index is 0.0594. The first-order chi connectivity index (χ1) is 11.0. The van der Waals surface area contributed by atoms with E-state index in [4.69, 9.17) is 16.3 Å². The second-order valence-corrected chi connectivity index (χ2v) is 6.52. The predicted octanol–water partition coefficient (Wildman–Crippen LogP) is 2.83. The molecule has 1 aromatic rings. The van der Waals surface area contributed by atoms with Crippen LogP contribution in [0.5, 0.6) is 5.75 Å². The van der Waals surface area contributed by atoms with Gasteiger partial charge < -0.3 is 20.1 Å².